The van der Waals surface area contributed by atoms with E-state index in [1.165, 1.54) is 5.56 Å². The van der Waals surface area contributed by atoms with E-state index in [1.54, 1.807) is 0 Å². The van der Waals surface area contributed by atoms with Gasteiger partial charge in [0.05, 0.1) is 6.42 Å². The number of amides is 2. The molecule has 1 fully saturated rings. The van der Waals surface area contributed by atoms with Gasteiger partial charge in [-0.05, 0) is 29.2 Å². The zero-order valence-electron chi connectivity index (χ0n) is 17.7. The van der Waals surface area contributed by atoms with E-state index in [0.29, 0.717) is 13.1 Å². The molecule has 0 unspecified atom stereocenters. The number of carbonyl (C=O) groups is 2. The van der Waals surface area contributed by atoms with E-state index in [-0.39, 0.29) is 24.2 Å². The lowest BCUT2D eigenvalue weighted by Crippen LogP contribution is -2.56. The Morgan fingerprint density at radius 1 is 0.933 bits per heavy atom. The first-order valence-electron chi connectivity index (χ1n) is 10.5. The van der Waals surface area contributed by atoms with Crippen LogP contribution in [0.1, 0.15) is 25.0 Å². The number of hydrogen-bond donors (Lipinski definition) is 1. The molecule has 1 aliphatic rings. The number of piperazine rings is 1. The Labute approximate surface area is 184 Å². The highest BCUT2D eigenvalue weighted by Crippen LogP contribution is 2.14. The SMILES string of the molecule is CC(C)[C@H](NC(=O)Cc1ccccc1)C(=O)N1CCN(Cc2ccc(Cl)cc2)CC1. The predicted octanol–water partition coefficient (Wildman–Crippen LogP) is 3.37. The molecule has 3 rings (SSSR count). The van der Waals surface area contributed by atoms with Gasteiger partial charge in [0.1, 0.15) is 6.04 Å². The Morgan fingerprint density at radius 3 is 2.17 bits per heavy atom. The molecule has 5 nitrogen and oxygen atoms in total. The minimum absolute atomic E-state index is 0.0116. The lowest BCUT2D eigenvalue weighted by atomic mass is 10.0. The smallest absolute Gasteiger partial charge is 0.245 e. The monoisotopic (exact) mass is 427 g/mol. The molecule has 0 aliphatic carbocycles. The van der Waals surface area contributed by atoms with E-state index in [0.717, 1.165) is 30.2 Å². The van der Waals surface area contributed by atoms with Gasteiger partial charge >= 0.3 is 0 Å². The van der Waals surface area contributed by atoms with Crippen LogP contribution in [-0.4, -0.2) is 53.8 Å². The molecule has 1 atom stereocenters. The summed E-state index contributed by atoms with van der Waals surface area (Å²) in [5, 5.41) is 3.70. The van der Waals surface area contributed by atoms with Crippen LogP contribution < -0.4 is 5.32 Å². The number of rotatable bonds is 7. The molecule has 0 spiro atoms. The highest BCUT2D eigenvalue weighted by molar-refractivity contribution is 6.30. The maximum absolute atomic E-state index is 13.1. The second kappa shape index (κ2) is 10.6. The average Bonchev–Trinajstić information content (AvgIpc) is 2.74. The van der Waals surface area contributed by atoms with E-state index < -0.39 is 6.04 Å². The molecule has 1 aliphatic heterocycles. The van der Waals surface area contributed by atoms with Crippen LogP contribution in [0, 0.1) is 5.92 Å². The number of nitrogens with zero attached hydrogens (tertiary/aromatic N) is 2. The molecule has 0 bridgehead atoms. The van der Waals surface area contributed by atoms with Crippen molar-refractivity contribution in [1.82, 2.24) is 15.1 Å². The Morgan fingerprint density at radius 2 is 1.57 bits per heavy atom. The maximum atomic E-state index is 13.1. The van der Waals surface area contributed by atoms with Gasteiger partial charge in [-0.3, -0.25) is 14.5 Å². The maximum Gasteiger partial charge on any atom is 0.245 e. The van der Waals surface area contributed by atoms with Crippen molar-refractivity contribution in [2.75, 3.05) is 26.2 Å². The topological polar surface area (TPSA) is 52.7 Å². The Hall–Kier alpha value is -2.37. The molecule has 1 N–H and O–H groups in total. The first kappa shape index (κ1) is 22.3. The van der Waals surface area contributed by atoms with Gasteiger partial charge < -0.3 is 10.2 Å². The molecule has 2 aromatic rings. The number of benzene rings is 2. The largest absolute Gasteiger partial charge is 0.344 e. The van der Waals surface area contributed by atoms with Crippen LogP contribution in [0.4, 0.5) is 0 Å². The standard InChI is InChI=1S/C24H30ClN3O2/c1-18(2)23(26-22(29)16-19-6-4-3-5-7-19)24(30)28-14-12-27(13-15-28)17-20-8-10-21(25)11-9-20/h3-11,18,23H,12-17H2,1-2H3,(H,26,29)/t23-/m0/s1. The van der Waals surface area contributed by atoms with Gasteiger partial charge in [0.15, 0.2) is 0 Å². The predicted molar refractivity (Wildman–Crippen MR) is 120 cm³/mol. The molecular weight excluding hydrogens is 398 g/mol. The highest BCUT2D eigenvalue weighted by Gasteiger charge is 2.30. The molecule has 0 aromatic heterocycles. The first-order chi connectivity index (χ1) is 14.4. The third-order valence-electron chi connectivity index (χ3n) is 5.46. The van der Waals surface area contributed by atoms with Crippen LogP contribution in [0.25, 0.3) is 0 Å². The van der Waals surface area contributed by atoms with E-state index in [9.17, 15) is 9.59 Å². The van der Waals surface area contributed by atoms with Crippen molar-refractivity contribution in [3.63, 3.8) is 0 Å². The van der Waals surface area contributed by atoms with Crippen LogP contribution >= 0.6 is 11.6 Å². The fraction of sp³-hybridized carbons (Fsp3) is 0.417. The van der Waals surface area contributed by atoms with Gasteiger partial charge in [0.25, 0.3) is 0 Å². The highest BCUT2D eigenvalue weighted by atomic mass is 35.5. The fourth-order valence-corrected chi connectivity index (χ4v) is 3.82. The lowest BCUT2D eigenvalue weighted by Gasteiger charge is -2.37. The summed E-state index contributed by atoms with van der Waals surface area (Å²) >= 11 is 5.96. The van der Waals surface area contributed by atoms with E-state index >= 15 is 0 Å². The summed E-state index contributed by atoms with van der Waals surface area (Å²) in [4.78, 5) is 29.8. The summed E-state index contributed by atoms with van der Waals surface area (Å²) in [5.74, 6) is -0.0727. The number of nitrogens with one attached hydrogen (secondary N) is 1. The second-order valence-electron chi connectivity index (χ2n) is 8.18. The zero-order valence-corrected chi connectivity index (χ0v) is 18.4. The Bertz CT molecular complexity index is 831. The van der Waals surface area contributed by atoms with Gasteiger partial charge in [-0.15, -0.1) is 0 Å². The van der Waals surface area contributed by atoms with Crippen molar-refractivity contribution in [3.8, 4) is 0 Å². The van der Waals surface area contributed by atoms with Gasteiger partial charge in [0, 0.05) is 37.7 Å². The first-order valence-corrected chi connectivity index (χ1v) is 10.9. The van der Waals surface area contributed by atoms with Crippen molar-refractivity contribution in [3.05, 3.63) is 70.7 Å². The third kappa shape index (κ3) is 6.31. The van der Waals surface area contributed by atoms with Gasteiger partial charge in [-0.25, -0.2) is 0 Å². The molecular formula is C24H30ClN3O2. The van der Waals surface area contributed by atoms with Crippen LogP contribution in [0.2, 0.25) is 5.02 Å². The number of halogens is 1. The van der Waals surface area contributed by atoms with E-state index in [4.69, 9.17) is 11.6 Å². The zero-order chi connectivity index (χ0) is 21.5. The normalized spacial score (nSPS) is 15.8. The second-order valence-corrected chi connectivity index (χ2v) is 8.62. The third-order valence-corrected chi connectivity index (χ3v) is 5.71. The quantitative estimate of drug-likeness (QED) is 0.737. The van der Waals surface area contributed by atoms with E-state index in [2.05, 4.69) is 10.2 Å². The van der Waals surface area contributed by atoms with Crippen molar-refractivity contribution < 1.29 is 9.59 Å². The minimum atomic E-state index is -0.496. The lowest BCUT2D eigenvalue weighted by molar-refractivity contribution is -0.139. The molecule has 1 heterocycles. The minimum Gasteiger partial charge on any atom is -0.344 e. The summed E-state index contributed by atoms with van der Waals surface area (Å²) in [7, 11) is 0. The van der Waals surface area contributed by atoms with Crippen LogP contribution in [0.3, 0.4) is 0 Å². The van der Waals surface area contributed by atoms with Crippen molar-refractivity contribution in [2.45, 2.75) is 32.9 Å². The van der Waals surface area contributed by atoms with Crippen molar-refractivity contribution >= 4 is 23.4 Å². The average molecular weight is 428 g/mol. The number of hydrogen-bond acceptors (Lipinski definition) is 3. The Balaban J connectivity index is 1.52. The fourth-order valence-electron chi connectivity index (χ4n) is 3.69. The van der Waals surface area contributed by atoms with Crippen LogP contribution in [0.15, 0.2) is 54.6 Å². The molecule has 2 amide bonds. The molecule has 160 valence electrons. The van der Waals surface area contributed by atoms with Crippen LogP contribution in [-0.2, 0) is 22.6 Å². The van der Waals surface area contributed by atoms with Crippen molar-refractivity contribution in [1.29, 1.82) is 0 Å². The summed E-state index contributed by atoms with van der Waals surface area (Å²) < 4.78 is 0. The van der Waals surface area contributed by atoms with Crippen molar-refractivity contribution in [2.24, 2.45) is 5.92 Å². The summed E-state index contributed by atoms with van der Waals surface area (Å²) in [6.45, 7) is 7.77. The Kier molecular flexibility index (Phi) is 7.88. The number of carbonyl (C=O) groups excluding carboxylic acids is 2. The summed E-state index contributed by atoms with van der Waals surface area (Å²) in [6.07, 6.45) is 0.284. The molecule has 2 aromatic carbocycles. The molecule has 0 radical (unpaired) electrons. The molecule has 0 saturated carbocycles. The molecule has 30 heavy (non-hydrogen) atoms. The van der Waals surface area contributed by atoms with E-state index in [1.807, 2.05) is 73.3 Å². The van der Waals surface area contributed by atoms with Gasteiger partial charge in [-0.2, -0.15) is 0 Å². The summed E-state index contributed by atoms with van der Waals surface area (Å²) in [6, 6.07) is 17.0. The molecule has 6 heteroatoms. The molecule has 1 saturated heterocycles. The van der Waals surface area contributed by atoms with Gasteiger partial charge in [0.2, 0.25) is 11.8 Å². The summed E-state index contributed by atoms with van der Waals surface area (Å²) in [5.41, 5.74) is 2.16. The van der Waals surface area contributed by atoms with Gasteiger partial charge in [-0.1, -0.05) is 67.9 Å². The van der Waals surface area contributed by atoms with Crippen LogP contribution in [0.5, 0.6) is 0 Å².